The smallest absolute Gasteiger partial charge is 0.248 e. The number of anilines is 2. The number of carbonyl (C=O) groups is 1. The number of nitrogens with zero attached hydrogens (tertiary/aromatic N) is 1. The van der Waals surface area contributed by atoms with Crippen molar-refractivity contribution in [1.29, 1.82) is 0 Å². The Morgan fingerprint density at radius 1 is 1.33 bits per heavy atom. The third kappa shape index (κ3) is 3.75. The van der Waals surface area contributed by atoms with Crippen LogP contribution < -0.4 is 15.4 Å². The lowest BCUT2D eigenvalue weighted by Gasteiger charge is -2.17. The molecule has 1 unspecified atom stereocenters. The molecule has 6 heteroatoms. The van der Waals surface area contributed by atoms with Gasteiger partial charge >= 0.3 is 0 Å². The fraction of sp³-hybridized carbons (Fsp3) is 0.333. The van der Waals surface area contributed by atoms with Crippen LogP contribution in [0.15, 0.2) is 28.8 Å². The van der Waals surface area contributed by atoms with Crippen LogP contribution in [0.2, 0.25) is 0 Å². The zero-order chi connectivity index (χ0) is 15.4. The normalized spacial score (nSPS) is 11.8. The van der Waals surface area contributed by atoms with Crippen LogP contribution in [0, 0.1) is 13.8 Å². The Morgan fingerprint density at radius 2 is 2.10 bits per heavy atom. The average molecular weight is 289 g/mol. The predicted octanol–water partition coefficient (Wildman–Crippen LogP) is 2.74. The van der Waals surface area contributed by atoms with Gasteiger partial charge in [-0.05, 0) is 38.5 Å². The molecule has 0 bridgehead atoms. The first-order valence-corrected chi connectivity index (χ1v) is 6.65. The van der Waals surface area contributed by atoms with Gasteiger partial charge in [-0.25, -0.2) is 0 Å². The number of methoxy groups -OCH3 is 1. The topological polar surface area (TPSA) is 76.4 Å². The number of aryl methyl sites for hydroxylation is 2. The quantitative estimate of drug-likeness (QED) is 0.885. The number of rotatable bonds is 5. The molecular weight excluding hydrogens is 270 g/mol. The number of hydrogen-bond donors (Lipinski definition) is 2. The fourth-order valence-corrected chi connectivity index (χ4v) is 1.89. The molecule has 0 saturated carbocycles. The Balaban J connectivity index is 2.05. The van der Waals surface area contributed by atoms with Crippen molar-refractivity contribution in [3.63, 3.8) is 0 Å². The summed E-state index contributed by atoms with van der Waals surface area (Å²) in [6.07, 6.45) is 0. The highest BCUT2D eigenvalue weighted by Crippen LogP contribution is 2.26. The van der Waals surface area contributed by atoms with E-state index in [1.165, 1.54) is 0 Å². The molecule has 1 aromatic carbocycles. The van der Waals surface area contributed by atoms with E-state index in [2.05, 4.69) is 15.8 Å². The molecule has 2 rings (SSSR count). The largest absolute Gasteiger partial charge is 0.495 e. The van der Waals surface area contributed by atoms with Gasteiger partial charge in [0.2, 0.25) is 11.8 Å². The molecule has 1 heterocycles. The van der Waals surface area contributed by atoms with Crippen LogP contribution in [0.4, 0.5) is 11.6 Å². The summed E-state index contributed by atoms with van der Waals surface area (Å²) in [6.45, 7) is 5.53. The highest BCUT2D eigenvalue weighted by atomic mass is 16.5. The van der Waals surface area contributed by atoms with E-state index in [0.717, 1.165) is 11.3 Å². The van der Waals surface area contributed by atoms with Gasteiger partial charge in [0.15, 0.2) is 0 Å². The maximum Gasteiger partial charge on any atom is 0.248 e. The van der Waals surface area contributed by atoms with Crippen LogP contribution in [0.1, 0.15) is 18.2 Å². The summed E-state index contributed by atoms with van der Waals surface area (Å²) in [5.74, 6) is 0.813. The Labute approximate surface area is 123 Å². The van der Waals surface area contributed by atoms with E-state index in [0.29, 0.717) is 17.3 Å². The van der Waals surface area contributed by atoms with Gasteiger partial charge in [-0.15, -0.1) is 0 Å². The van der Waals surface area contributed by atoms with Crippen LogP contribution >= 0.6 is 0 Å². The summed E-state index contributed by atoms with van der Waals surface area (Å²) < 4.78 is 10.2. The third-order valence-corrected chi connectivity index (χ3v) is 2.99. The van der Waals surface area contributed by atoms with E-state index in [1.54, 1.807) is 27.0 Å². The zero-order valence-corrected chi connectivity index (χ0v) is 12.6. The number of carbonyl (C=O) groups excluding carboxylic acids is 1. The van der Waals surface area contributed by atoms with Crippen molar-refractivity contribution in [2.24, 2.45) is 0 Å². The van der Waals surface area contributed by atoms with Crippen molar-refractivity contribution >= 4 is 17.5 Å². The predicted molar refractivity (Wildman–Crippen MR) is 80.7 cm³/mol. The summed E-state index contributed by atoms with van der Waals surface area (Å²) in [5, 5.41) is 9.52. The van der Waals surface area contributed by atoms with Gasteiger partial charge in [-0.2, -0.15) is 0 Å². The van der Waals surface area contributed by atoms with E-state index < -0.39 is 6.04 Å². The lowest BCUT2D eigenvalue weighted by atomic mass is 10.2. The van der Waals surface area contributed by atoms with Crippen molar-refractivity contribution in [3.05, 3.63) is 35.5 Å². The molecule has 1 atom stereocenters. The first kappa shape index (κ1) is 14.9. The molecule has 1 amide bonds. The van der Waals surface area contributed by atoms with Gasteiger partial charge < -0.3 is 14.6 Å². The summed E-state index contributed by atoms with van der Waals surface area (Å²) in [6, 6.07) is 6.96. The van der Waals surface area contributed by atoms with Crippen molar-refractivity contribution in [2.75, 3.05) is 17.7 Å². The molecule has 112 valence electrons. The Bertz CT molecular complexity index is 637. The molecule has 2 N–H and O–H groups in total. The second-order valence-electron chi connectivity index (χ2n) is 4.89. The van der Waals surface area contributed by atoms with E-state index in [9.17, 15) is 4.79 Å². The second-order valence-corrected chi connectivity index (χ2v) is 4.89. The molecule has 0 radical (unpaired) electrons. The van der Waals surface area contributed by atoms with Crippen molar-refractivity contribution in [1.82, 2.24) is 5.16 Å². The van der Waals surface area contributed by atoms with Gasteiger partial charge in [-0.3, -0.25) is 10.1 Å². The van der Waals surface area contributed by atoms with E-state index in [1.807, 2.05) is 25.1 Å². The lowest BCUT2D eigenvalue weighted by molar-refractivity contribution is -0.116. The molecule has 0 fully saturated rings. The minimum absolute atomic E-state index is 0.213. The van der Waals surface area contributed by atoms with Crippen LogP contribution in [0.25, 0.3) is 0 Å². The molecule has 0 spiro atoms. The third-order valence-electron chi connectivity index (χ3n) is 2.99. The van der Waals surface area contributed by atoms with Crippen molar-refractivity contribution in [2.45, 2.75) is 26.8 Å². The minimum atomic E-state index is -0.453. The number of benzene rings is 1. The summed E-state index contributed by atoms with van der Waals surface area (Å²) in [4.78, 5) is 12.1. The van der Waals surface area contributed by atoms with Gasteiger partial charge in [0.1, 0.15) is 11.8 Å². The van der Waals surface area contributed by atoms with Crippen LogP contribution in [0.3, 0.4) is 0 Å². The Hall–Kier alpha value is -2.50. The first-order chi connectivity index (χ1) is 9.99. The van der Waals surface area contributed by atoms with Gasteiger partial charge in [0, 0.05) is 6.07 Å². The average Bonchev–Trinajstić information content (AvgIpc) is 2.84. The number of hydrogen-bond acceptors (Lipinski definition) is 5. The zero-order valence-electron chi connectivity index (χ0n) is 12.6. The van der Waals surface area contributed by atoms with Gasteiger partial charge in [0.25, 0.3) is 0 Å². The summed E-state index contributed by atoms with van der Waals surface area (Å²) in [5.41, 5.74) is 2.57. The summed E-state index contributed by atoms with van der Waals surface area (Å²) >= 11 is 0. The van der Waals surface area contributed by atoms with Gasteiger partial charge in [-0.1, -0.05) is 11.2 Å². The summed E-state index contributed by atoms with van der Waals surface area (Å²) in [7, 11) is 1.60. The van der Waals surface area contributed by atoms with Crippen LogP contribution in [-0.4, -0.2) is 24.2 Å². The van der Waals surface area contributed by atoms with Gasteiger partial charge in [0.05, 0.1) is 18.5 Å². The molecule has 6 nitrogen and oxygen atoms in total. The van der Waals surface area contributed by atoms with E-state index >= 15 is 0 Å². The van der Waals surface area contributed by atoms with Crippen molar-refractivity contribution in [3.8, 4) is 5.75 Å². The number of amides is 1. The molecule has 0 aliphatic carbocycles. The fourth-order valence-electron chi connectivity index (χ4n) is 1.89. The molecular formula is C15H19N3O3. The Kier molecular flexibility index (Phi) is 4.47. The molecule has 2 aromatic rings. The van der Waals surface area contributed by atoms with Crippen molar-refractivity contribution < 1.29 is 14.1 Å². The highest BCUT2D eigenvalue weighted by molar-refractivity contribution is 5.95. The molecule has 0 aliphatic rings. The molecule has 0 saturated heterocycles. The first-order valence-electron chi connectivity index (χ1n) is 6.65. The molecule has 21 heavy (non-hydrogen) atoms. The molecule has 1 aromatic heterocycles. The maximum atomic E-state index is 12.1. The lowest BCUT2D eigenvalue weighted by Crippen LogP contribution is -2.31. The Morgan fingerprint density at radius 3 is 2.71 bits per heavy atom. The number of aromatic nitrogens is 1. The molecule has 0 aliphatic heterocycles. The standard InChI is InChI=1S/C15H19N3O3/c1-9-5-6-13(20-4)12(7-9)16-11(3)15(19)17-14-8-10(2)18-21-14/h5-8,11,16H,1-4H3,(H,17,19). The number of ether oxygens (including phenoxy) is 1. The second kappa shape index (κ2) is 6.30. The highest BCUT2D eigenvalue weighted by Gasteiger charge is 2.16. The maximum absolute atomic E-state index is 12.1. The van der Waals surface area contributed by atoms with Crippen LogP contribution in [-0.2, 0) is 4.79 Å². The minimum Gasteiger partial charge on any atom is -0.495 e. The van der Waals surface area contributed by atoms with Crippen LogP contribution in [0.5, 0.6) is 5.75 Å². The SMILES string of the molecule is COc1ccc(C)cc1NC(C)C(=O)Nc1cc(C)no1. The van der Waals surface area contributed by atoms with E-state index in [-0.39, 0.29) is 5.91 Å². The monoisotopic (exact) mass is 289 g/mol. The number of nitrogens with one attached hydrogen (secondary N) is 2. The van der Waals surface area contributed by atoms with E-state index in [4.69, 9.17) is 9.26 Å².